The standard InChI is InChI=1S/C18H20N2OS/c21-18(19-17-11-20-8-5-14(17)6-9-20)15-3-1-13(2-4-15)16-7-10-22-12-16/h1-4,7,10,12,14,17H,5-6,8-9,11H2,(H,19,21)/t17-/m1/s1. The van der Waals surface area contributed by atoms with Crippen molar-refractivity contribution < 1.29 is 4.79 Å². The van der Waals surface area contributed by atoms with E-state index in [1.54, 1.807) is 11.3 Å². The lowest BCUT2D eigenvalue weighted by Crippen LogP contribution is -2.57. The highest BCUT2D eigenvalue weighted by molar-refractivity contribution is 7.08. The summed E-state index contributed by atoms with van der Waals surface area (Å²) < 4.78 is 0. The predicted octanol–water partition coefficient (Wildman–Crippen LogP) is 3.24. The van der Waals surface area contributed by atoms with Gasteiger partial charge in [-0.1, -0.05) is 12.1 Å². The number of piperidine rings is 3. The Bertz CT molecular complexity index is 642. The van der Waals surface area contributed by atoms with Gasteiger partial charge in [-0.25, -0.2) is 0 Å². The van der Waals surface area contributed by atoms with Crippen molar-refractivity contribution in [3.05, 3.63) is 46.7 Å². The van der Waals surface area contributed by atoms with Gasteiger partial charge in [-0.3, -0.25) is 4.79 Å². The van der Waals surface area contributed by atoms with Crippen LogP contribution in [-0.2, 0) is 0 Å². The minimum atomic E-state index is 0.0654. The van der Waals surface area contributed by atoms with Gasteiger partial charge in [-0.2, -0.15) is 11.3 Å². The lowest BCUT2D eigenvalue weighted by molar-refractivity contribution is 0.0620. The first-order chi connectivity index (χ1) is 10.8. The van der Waals surface area contributed by atoms with Gasteiger partial charge in [0.15, 0.2) is 0 Å². The molecule has 1 N–H and O–H groups in total. The summed E-state index contributed by atoms with van der Waals surface area (Å²) in [5.74, 6) is 0.731. The minimum Gasteiger partial charge on any atom is -0.348 e. The molecule has 22 heavy (non-hydrogen) atoms. The first-order valence-corrected chi connectivity index (χ1v) is 8.90. The van der Waals surface area contributed by atoms with E-state index in [-0.39, 0.29) is 5.91 Å². The van der Waals surface area contributed by atoms with Crippen molar-refractivity contribution in [2.45, 2.75) is 18.9 Å². The molecule has 0 saturated carbocycles. The van der Waals surface area contributed by atoms with Gasteiger partial charge in [0.2, 0.25) is 0 Å². The topological polar surface area (TPSA) is 32.3 Å². The van der Waals surface area contributed by atoms with Crippen LogP contribution in [0.4, 0.5) is 0 Å². The number of rotatable bonds is 3. The average molecular weight is 312 g/mol. The van der Waals surface area contributed by atoms with Crippen LogP contribution < -0.4 is 5.32 Å². The summed E-state index contributed by atoms with van der Waals surface area (Å²) in [6.07, 6.45) is 2.45. The van der Waals surface area contributed by atoms with Crippen LogP contribution in [0.25, 0.3) is 11.1 Å². The molecule has 3 aliphatic rings. The molecule has 4 heteroatoms. The van der Waals surface area contributed by atoms with Gasteiger partial charge in [-0.15, -0.1) is 0 Å². The number of hydrogen-bond acceptors (Lipinski definition) is 3. The number of benzene rings is 1. The highest BCUT2D eigenvalue weighted by Crippen LogP contribution is 2.28. The molecule has 0 aliphatic carbocycles. The third-order valence-corrected chi connectivity index (χ3v) is 5.66. The normalized spacial score (nSPS) is 26.8. The molecule has 4 heterocycles. The SMILES string of the molecule is O=C(N[C@@H]1CN2CCC1CC2)c1ccc(-c2ccsc2)cc1. The van der Waals surface area contributed by atoms with Gasteiger partial charge in [0.05, 0.1) is 0 Å². The van der Waals surface area contributed by atoms with Crippen molar-refractivity contribution in [3.63, 3.8) is 0 Å². The van der Waals surface area contributed by atoms with E-state index in [1.165, 1.54) is 37.1 Å². The van der Waals surface area contributed by atoms with E-state index in [4.69, 9.17) is 0 Å². The number of nitrogens with zero attached hydrogens (tertiary/aromatic N) is 1. The minimum absolute atomic E-state index is 0.0654. The fourth-order valence-corrected chi connectivity index (χ4v) is 4.29. The largest absolute Gasteiger partial charge is 0.348 e. The summed E-state index contributed by atoms with van der Waals surface area (Å²) in [5, 5.41) is 7.44. The highest BCUT2D eigenvalue weighted by atomic mass is 32.1. The highest BCUT2D eigenvalue weighted by Gasteiger charge is 2.34. The molecule has 1 atom stereocenters. The maximum absolute atomic E-state index is 12.5. The first-order valence-electron chi connectivity index (χ1n) is 7.95. The van der Waals surface area contributed by atoms with Crippen LogP contribution >= 0.6 is 11.3 Å². The van der Waals surface area contributed by atoms with E-state index in [9.17, 15) is 4.79 Å². The van der Waals surface area contributed by atoms with Gasteiger partial charge in [0.25, 0.3) is 5.91 Å². The molecule has 114 valence electrons. The van der Waals surface area contributed by atoms with Crippen molar-refractivity contribution in [3.8, 4) is 11.1 Å². The zero-order valence-electron chi connectivity index (χ0n) is 12.5. The van der Waals surface area contributed by atoms with Crippen molar-refractivity contribution >= 4 is 17.2 Å². The summed E-state index contributed by atoms with van der Waals surface area (Å²) >= 11 is 1.69. The molecule has 0 radical (unpaired) electrons. The van der Waals surface area contributed by atoms with Crippen LogP contribution in [0.3, 0.4) is 0 Å². The van der Waals surface area contributed by atoms with E-state index >= 15 is 0 Å². The zero-order chi connectivity index (χ0) is 14.9. The molecule has 1 amide bonds. The Hall–Kier alpha value is -1.65. The van der Waals surface area contributed by atoms with Crippen LogP contribution in [0.15, 0.2) is 41.1 Å². The van der Waals surface area contributed by atoms with E-state index in [1.807, 2.05) is 24.3 Å². The first kappa shape index (κ1) is 14.0. The molecular weight excluding hydrogens is 292 g/mol. The van der Waals surface area contributed by atoms with Crippen LogP contribution in [0.5, 0.6) is 0 Å². The molecular formula is C18H20N2OS. The van der Waals surface area contributed by atoms with E-state index < -0.39 is 0 Å². The third kappa shape index (κ3) is 2.69. The molecule has 0 spiro atoms. The molecule has 3 fully saturated rings. The summed E-state index contributed by atoms with van der Waals surface area (Å²) in [5.41, 5.74) is 3.14. The van der Waals surface area contributed by atoms with Crippen molar-refractivity contribution in [1.29, 1.82) is 0 Å². The van der Waals surface area contributed by atoms with Gasteiger partial charge in [0.1, 0.15) is 0 Å². The second kappa shape index (κ2) is 5.86. The van der Waals surface area contributed by atoms with Gasteiger partial charge in [0, 0.05) is 18.2 Å². The van der Waals surface area contributed by atoms with E-state index in [2.05, 4.69) is 27.0 Å². The van der Waals surface area contributed by atoms with Crippen LogP contribution in [-0.4, -0.2) is 36.5 Å². The van der Waals surface area contributed by atoms with Crippen molar-refractivity contribution in [2.75, 3.05) is 19.6 Å². The van der Waals surface area contributed by atoms with Gasteiger partial charge in [-0.05, 0) is 71.9 Å². The van der Waals surface area contributed by atoms with E-state index in [0.717, 1.165) is 12.1 Å². The number of thiophene rings is 1. The number of hydrogen-bond donors (Lipinski definition) is 1. The fourth-order valence-electron chi connectivity index (χ4n) is 3.62. The number of carbonyl (C=O) groups is 1. The molecule has 2 bridgehead atoms. The number of nitrogens with one attached hydrogen (secondary N) is 1. The third-order valence-electron chi connectivity index (χ3n) is 4.97. The molecule has 5 rings (SSSR count). The monoisotopic (exact) mass is 312 g/mol. The second-order valence-electron chi connectivity index (χ2n) is 6.31. The van der Waals surface area contributed by atoms with Crippen molar-refractivity contribution in [2.24, 2.45) is 5.92 Å². The lowest BCUT2D eigenvalue weighted by atomic mass is 9.84. The summed E-state index contributed by atoms with van der Waals surface area (Å²) in [4.78, 5) is 14.9. The smallest absolute Gasteiger partial charge is 0.251 e. The van der Waals surface area contributed by atoms with Gasteiger partial charge >= 0.3 is 0 Å². The maximum Gasteiger partial charge on any atom is 0.251 e. The fraction of sp³-hybridized carbons (Fsp3) is 0.389. The quantitative estimate of drug-likeness (QED) is 0.943. The molecule has 3 saturated heterocycles. The Morgan fingerprint density at radius 2 is 1.86 bits per heavy atom. The maximum atomic E-state index is 12.5. The summed E-state index contributed by atoms with van der Waals surface area (Å²) in [7, 11) is 0. The summed E-state index contributed by atoms with van der Waals surface area (Å²) in [6.45, 7) is 3.42. The molecule has 3 aliphatic heterocycles. The number of fused-ring (bicyclic) bond motifs is 3. The van der Waals surface area contributed by atoms with Crippen molar-refractivity contribution in [1.82, 2.24) is 10.2 Å². The van der Waals surface area contributed by atoms with Crippen LogP contribution in [0.1, 0.15) is 23.2 Å². The van der Waals surface area contributed by atoms with Crippen LogP contribution in [0.2, 0.25) is 0 Å². The number of carbonyl (C=O) groups excluding carboxylic acids is 1. The molecule has 1 aromatic carbocycles. The molecule has 0 unspecified atom stereocenters. The Morgan fingerprint density at radius 3 is 2.45 bits per heavy atom. The summed E-state index contributed by atoms with van der Waals surface area (Å²) in [6, 6.07) is 10.4. The number of amides is 1. The van der Waals surface area contributed by atoms with E-state index in [0.29, 0.717) is 12.0 Å². The zero-order valence-corrected chi connectivity index (χ0v) is 13.3. The van der Waals surface area contributed by atoms with Gasteiger partial charge < -0.3 is 10.2 Å². The molecule has 1 aromatic heterocycles. The Kier molecular flexibility index (Phi) is 3.72. The lowest BCUT2D eigenvalue weighted by Gasteiger charge is -2.44. The predicted molar refractivity (Wildman–Crippen MR) is 90.2 cm³/mol. The Labute approximate surface area is 135 Å². The molecule has 3 nitrogen and oxygen atoms in total. The average Bonchev–Trinajstić information content (AvgIpc) is 3.10. The van der Waals surface area contributed by atoms with Crippen LogP contribution in [0, 0.1) is 5.92 Å². The Balaban J connectivity index is 1.44. The second-order valence-corrected chi connectivity index (χ2v) is 7.09. The molecule has 2 aromatic rings. The Morgan fingerprint density at radius 1 is 1.09 bits per heavy atom.